The van der Waals surface area contributed by atoms with E-state index in [0.717, 1.165) is 51.9 Å². The fourth-order valence-electron chi connectivity index (χ4n) is 4.55. The number of hydrogen-bond acceptors (Lipinski definition) is 2. The zero-order valence-electron chi connectivity index (χ0n) is 16.3. The smallest absolute Gasteiger partial charge is 0.223 e. The quantitative estimate of drug-likeness (QED) is 0.844. The molecule has 2 aliphatic rings. The largest absolute Gasteiger partial charge is 0.356 e. The summed E-state index contributed by atoms with van der Waals surface area (Å²) in [6, 6.07) is 19.0. The number of carbonyl (C=O) groups is 1. The van der Waals surface area contributed by atoms with Crippen molar-refractivity contribution in [1.29, 1.82) is 0 Å². The van der Waals surface area contributed by atoms with Crippen LogP contribution in [0.4, 0.5) is 0 Å². The van der Waals surface area contributed by atoms with Crippen molar-refractivity contribution >= 4 is 5.91 Å². The Morgan fingerprint density at radius 1 is 1.07 bits per heavy atom. The zero-order chi connectivity index (χ0) is 18.7. The van der Waals surface area contributed by atoms with Crippen LogP contribution >= 0.6 is 0 Å². The summed E-state index contributed by atoms with van der Waals surface area (Å²) in [6.45, 7) is 6.20. The molecule has 3 heteroatoms. The summed E-state index contributed by atoms with van der Waals surface area (Å²) in [6.07, 6.45) is 4.32. The Morgan fingerprint density at radius 2 is 1.78 bits per heavy atom. The van der Waals surface area contributed by atoms with Crippen LogP contribution in [-0.4, -0.2) is 30.4 Å². The van der Waals surface area contributed by atoms with E-state index in [9.17, 15) is 4.79 Å². The minimum Gasteiger partial charge on any atom is -0.356 e. The van der Waals surface area contributed by atoms with Gasteiger partial charge in [0.25, 0.3) is 0 Å². The second-order valence-electron chi connectivity index (χ2n) is 8.35. The number of amides is 1. The number of rotatable bonds is 6. The Kier molecular flexibility index (Phi) is 5.31. The molecule has 1 spiro atoms. The molecule has 1 amide bonds. The maximum Gasteiger partial charge on any atom is 0.223 e. The molecule has 4 rings (SSSR count). The molecule has 1 saturated heterocycles. The molecule has 1 saturated carbocycles. The maximum absolute atomic E-state index is 12.6. The summed E-state index contributed by atoms with van der Waals surface area (Å²) < 4.78 is 0. The van der Waals surface area contributed by atoms with Gasteiger partial charge < -0.3 is 5.32 Å². The molecule has 2 aromatic rings. The number of hydrogen-bond donors (Lipinski definition) is 1. The highest BCUT2D eigenvalue weighted by atomic mass is 16.2. The van der Waals surface area contributed by atoms with Crippen molar-refractivity contribution in [3.8, 4) is 0 Å². The number of likely N-dealkylation sites (tertiary alicyclic amines) is 1. The van der Waals surface area contributed by atoms with Gasteiger partial charge in [0.2, 0.25) is 5.91 Å². The number of carbonyl (C=O) groups excluding carboxylic acids is 1. The van der Waals surface area contributed by atoms with Crippen LogP contribution in [0.1, 0.15) is 36.0 Å². The van der Waals surface area contributed by atoms with Crippen molar-refractivity contribution in [2.45, 2.75) is 39.2 Å². The molecule has 27 heavy (non-hydrogen) atoms. The van der Waals surface area contributed by atoms with Crippen LogP contribution in [0, 0.1) is 18.3 Å². The minimum atomic E-state index is 0.244. The van der Waals surface area contributed by atoms with E-state index in [1.165, 1.54) is 16.7 Å². The van der Waals surface area contributed by atoms with Gasteiger partial charge in [-0.05, 0) is 67.8 Å². The summed E-state index contributed by atoms with van der Waals surface area (Å²) in [4.78, 5) is 15.1. The predicted octanol–water partition coefficient (Wildman–Crippen LogP) is 3.96. The second-order valence-corrected chi connectivity index (χ2v) is 8.35. The van der Waals surface area contributed by atoms with E-state index in [1.54, 1.807) is 0 Å². The first-order valence-electron chi connectivity index (χ1n) is 10.2. The third-order valence-corrected chi connectivity index (χ3v) is 6.57. The van der Waals surface area contributed by atoms with E-state index >= 15 is 0 Å². The van der Waals surface area contributed by atoms with Crippen LogP contribution < -0.4 is 5.32 Å². The summed E-state index contributed by atoms with van der Waals surface area (Å²) in [5.41, 5.74) is 4.38. The normalized spacial score (nSPS) is 21.1. The first-order valence-corrected chi connectivity index (χ1v) is 10.2. The monoisotopic (exact) mass is 362 g/mol. The van der Waals surface area contributed by atoms with E-state index in [4.69, 9.17) is 0 Å². The van der Waals surface area contributed by atoms with Crippen molar-refractivity contribution < 1.29 is 4.79 Å². The van der Waals surface area contributed by atoms with Gasteiger partial charge in [-0.15, -0.1) is 0 Å². The van der Waals surface area contributed by atoms with E-state index in [1.807, 2.05) is 6.07 Å². The van der Waals surface area contributed by atoms with Gasteiger partial charge in [-0.2, -0.15) is 0 Å². The minimum absolute atomic E-state index is 0.244. The Labute approximate surface area is 162 Å². The van der Waals surface area contributed by atoms with Gasteiger partial charge in [0.15, 0.2) is 0 Å². The highest BCUT2D eigenvalue weighted by Gasteiger charge is 2.58. The molecule has 0 radical (unpaired) electrons. The van der Waals surface area contributed by atoms with Crippen LogP contribution in [-0.2, 0) is 17.8 Å². The van der Waals surface area contributed by atoms with Gasteiger partial charge in [0.05, 0.1) is 0 Å². The zero-order valence-corrected chi connectivity index (χ0v) is 16.3. The lowest BCUT2D eigenvalue weighted by Crippen LogP contribution is -2.37. The number of benzene rings is 2. The Morgan fingerprint density at radius 3 is 2.52 bits per heavy atom. The summed E-state index contributed by atoms with van der Waals surface area (Å²) in [7, 11) is 0. The van der Waals surface area contributed by atoms with E-state index < -0.39 is 0 Å². The molecule has 0 unspecified atom stereocenters. The van der Waals surface area contributed by atoms with Crippen molar-refractivity contribution in [3.05, 3.63) is 71.3 Å². The first-order chi connectivity index (χ1) is 13.2. The standard InChI is InChI=1S/C24H30N2O/c1-19-7-5-6-10-21(19)18-26-15-12-24(13-16-26)17-22(24)23(27)25-14-11-20-8-3-2-4-9-20/h2-10,22H,11-18H2,1H3,(H,25,27)/t22-/m0/s1. The highest BCUT2D eigenvalue weighted by Crippen LogP contribution is 2.59. The number of nitrogens with zero attached hydrogens (tertiary/aromatic N) is 1. The van der Waals surface area contributed by atoms with Crippen LogP contribution in [0.3, 0.4) is 0 Å². The topological polar surface area (TPSA) is 32.3 Å². The molecule has 2 fully saturated rings. The lowest BCUT2D eigenvalue weighted by molar-refractivity contribution is -0.123. The second kappa shape index (κ2) is 7.85. The van der Waals surface area contributed by atoms with Gasteiger partial charge in [0, 0.05) is 19.0 Å². The fourth-order valence-corrected chi connectivity index (χ4v) is 4.55. The van der Waals surface area contributed by atoms with Gasteiger partial charge in [-0.25, -0.2) is 0 Å². The number of piperidine rings is 1. The molecule has 2 aromatic carbocycles. The Balaban J connectivity index is 1.22. The molecule has 0 aromatic heterocycles. The molecule has 0 bridgehead atoms. The van der Waals surface area contributed by atoms with E-state index in [0.29, 0.717) is 5.41 Å². The lowest BCUT2D eigenvalue weighted by atomic mass is 9.90. The lowest BCUT2D eigenvalue weighted by Gasteiger charge is -2.33. The summed E-state index contributed by atoms with van der Waals surface area (Å²) in [5, 5.41) is 3.17. The molecule has 1 aliphatic carbocycles. The van der Waals surface area contributed by atoms with Gasteiger partial charge in [0.1, 0.15) is 0 Å². The third kappa shape index (κ3) is 4.24. The van der Waals surface area contributed by atoms with Crippen molar-refractivity contribution in [2.24, 2.45) is 11.3 Å². The summed E-state index contributed by atoms with van der Waals surface area (Å²) >= 11 is 0. The Bertz CT molecular complexity index is 778. The molecule has 1 N–H and O–H groups in total. The van der Waals surface area contributed by atoms with Crippen LogP contribution in [0.25, 0.3) is 0 Å². The fraction of sp³-hybridized carbons (Fsp3) is 0.458. The molecule has 1 atom stereocenters. The third-order valence-electron chi connectivity index (χ3n) is 6.57. The Hall–Kier alpha value is -2.13. The van der Waals surface area contributed by atoms with Crippen LogP contribution in [0.2, 0.25) is 0 Å². The van der Waals surface area contributed by atoms with Crippen molar-refractivity contribution in [2.75, 3.05) is 19.6 Å². The molecule has 142 valence electrons. The molecular formula is C24H30N2O. The van der Waals surface area contributed by atoms with Crippen LogP contribution in [0.15, 0.2) is 54.6 Å². The molecule has 1 heterocycles. The predicted molar refractivity (Wildman–Crippen MR) is 109 cm³/mol. The molecule has 3 nitrogen and oxygen atoms in total. The van der Waals surface area contributed by atoms with Gasteiger partial charge in [-0.1, -0.05) is 54.6 Å². The number of nitrogens with one attached hydrogen (secondary N) is 1. The van der Waals surface area contributed by atoms with E-state index in [2.05, 4.69) is 65.7 Å². The molecular weight excluding hydrogens is 332 g/mol. The highest BCUT2D eigenvalue weighted by molar-refractivity contribution is 5.82. The molecule has 1 aliphatic heterocycles. The van der Waals surface area contributed by atoms with Crippen molar-refractivity contribution in [1.82, 2.24) is 10.2 Å². The first kappa shape index (κ1) is 18.2. The maximum atomic E-state index is 12.6. The SMILES string of the molecule is Cc1ccccc1CN1CCC2(CC1)C[C@H]2C(=O)NCCc1ccccc1. The average Bonchev–Trinajstić information content (AvgIpc) is 3.40. The van der Waals surface area contributed by atoms with Gasteiger partial charge in [-0.3, -0.25) is 9.69 Å². The van der Waals surface area contributed by atoms with Gasteiger partial charge >= 0.3 is 0 Å². The average molecular weight is 363 g/mol. The van der Waals surface area contributed by atoms with E-state index in [-0.39, 0.29) is 11.8 Å². The van der Waals surface area contributed by atoms with Crippen molar-refractivity contribution in [3.63, 3.8) is 0 Å². The number of aryl methyl sites for hydroxylation is 1. The summed E-state index contributed by atoms with van der Waals surface area (Å²) in [5.74, 6) is 0.521. The van der Waals surface area contributed by atoms with Crippen LogP contribution in [0.5, 0.6) is 0 Å².